The van der Waals surface area contributed by atoms with Crippen LogP contribution >= 0.6 is 0 Å². The molecule has 0 saturated carbocycles. The number of hydrogen-bond donors (Lipinski definition) is 0. The van der Waals surface area contributed by atoms with E-state index >= 15 is 0 Å². The number of morpholine rings is 1. The van der Waals surface area contributed by atoms with Crippen LogP contribution in [0.2, 0.25) is 0 Å². The average Bonchev–Trinajstić information content (AvgIpc) is 3.59. The van der Waals surface area contributed by atoms with E-state index in [2.05, 4.69) is 4.90 Å². The van der Waals surface area contributed by atoms with Crippen molar-refractivity contribution in [2.45, 2.75) is 20.0 Å². The van der Waals surface area contributed by atoms with Gasteiger partial charge in [-0.05, 0) is 48.9 Å². The molecule has 3 aromatic rings. The van der Waals surface area contributed by atoms with Crippen molar-refractivity contribution in [2.75, 3.05) is 52.7 Å². The zero-order chi connectivity index (χ0) is 27.2. The second-order valence-electron chi connectivity index (χ2n) is 9.61. The molecule has 1 saturated heterocycles. The van der Waals surface area contributed by atoms with E-state index in [0.717, 1.165) is 24.4 Å². The van der Waals surface area contributed by atoms with E-state index in [4.69, 9.17) is 18.6 Å². The van der Waals surface area contributed by atoms with Crippen molar-refractivity contribution in [3.05, 3.63) is 83.1 Å². The highest BCUT2D eigenvalue weighted by Crippen LogP contribution is 2.33. The summed E-state index contributed by atoms with van der Waals surface area (Å²) < 4.78 is 36.7. The summed E-state index contributed by atoms with van der Waals surface area (Å²) in [4.78, 5) is 32.5. The Labute approximate surface area is 226 Å². The summed E-state index contributed by atoms with van der Waals surface area (Å²) in [6.07, 6.45) is 0. The molecule has 9 nitrogen and oxygen atoms in total. The van der Waals surface area contributed by atoms with Gasteiger partial charge >= 0.3 is 0 Å². The highest BCUT2D eigenvalue weighted by atomic mass is 19.1. The lowest BCUT2D eigenvalue weighted by Gasteiger charge is -2.31. The van der Waals surface area contributed by atoms with E-state index in [1.54, 1.807) is 11.0 Å². The van der Waals surface area contributed by atoms with E-state index in [-0.39, 0.29) is 44.4 Å². The third-order valence-electron chi connectivity index (χ3n) is 6.81. The summed E-state index contributed by atoms with van der Waals surface area (Å²) in [5.41, 5.74) is 0.785. The predicted molar refractivity (Wildman–Crippen MR) is 140 cm³/mol. The molecule has 0 N–H and O–H groups in total. The molecule has 10 heteroatoms. The first kappa shape index (κ1) is 26.7. The molecule has 2 amide bonds. The van der Waals surface area contributed by atoms with Crippen LogP contribution in [0.15, 0.2) is 59.0 Å². The number of halogens is 1. The molecule has 1 fully saturated rings. The number of nitrogens with zero attached hydrogens (tertiary/aromatic N) is 3. The quantitative estimate of drug-likeness (QED) is 0.392. The molecule has 2 aliphatic rings. The van der Waals surface area contributed by atoms with Gasteiger partial charge in [-0.3, -0.25) is 14.5 Å². The molecule has 1 aromatic heterocycles. The van der Waals surface area contributed by atoms with Crippen LogP contribution in [0.4, 0.5) is 4.39 Å². The number of fused-ring (bicyclic) bond motifs is 1. The molecule has 0 unspecified atom stereocenters. The van der Waals surface area contributed by atoms with Crippen molar-refractivity contribution in [1.29, 1.82) is 0 Å². The van der Waals surface area contributed by atoms with Gasteiger partial charge in [-0.1, -0.05) is 18.2 Å². The fourth-order valence-corrected chi connectivity index (χ4v) is 4.66. The van der Waals surface area contributed by atoms with Crippen molar-refractivity contribution in [3.8, 4) is 11.5 Å². The zero-order valence-corrected chi connectivity index (χ0v) is 21.9. The second-order valence-corrected chi connectivity index (χ2v) is 9.61. The maximum Gasteiger partial charge on any atom is 0.257 e. The first-order valence-electron chi connectivity index (χ1n) is 13.0. The minimum Gasteiger partial charge on any atom is -0.464 e. The Hall–Kier alpha value is -3.89. The predicted octanol–water partition coefficient (Wildman–Crippen LogP) is 3.46. The summed E-state index contributed by atoms with van der Waals surface area (Å²) >= 11 is 0. The molecular formula is C29H32FN3O6. The SMILES string of the molecule is Cc1ccc(CN(Cc2ccc3c(c2)OCO3)C(=O)CN(CCN2CCOCC2)C(=O)c2ccccc2F)o1. The van der Waals surface area contributed by atoms with Gasteiger partial charge in [0, 0.05) is 32.7 Å². The van der Waals surface area contributed by atoms with Gasteiger partial charge in [0.2, 0.25) is 12.7 Å². The van der Waals surface area contributed by atoms with E-state index in [1.165, 1.54) is 23.1 Å². The minimum atomic E-state index is -0.616. The van der Waals surface area contributed by atoms with E-state index in [9.17, 15) is 14.0 Å². The molecule has 0 bridgehead atoms. The highest BCUT2D eigenvalue weighted by molar-refractivity contribution is 5.96. The van der Waals surface area contributed by atoms with Crippen LogP contribution in [0.3, 0.4) is 0 Å². The normalized spacial score (nSPS) is 14.8. The van der Waals surface area contributed by atoms with Crippen molar-refractivity contribution in [3.63, 3.8) is 0 Å². The maximum absolute atomic E-state index is 14.6. The van der Waals surface area contributed by atoms with E-state index < -0.39 is 11.7 Å². The van der Waals surface area contributed by atoms with Gasteiger partial charge < -0.3 is 28.4 Å². The van der Waals surface area contributed by atoms with Crippen LogP contribution in [0.5, 0.6) is 11.5 Å². The molecule has 2 aromatic carbocycles. The Bertz CT molecular complexity index is 1310. The fraction of sp³-hybridized carbons (Fsp3) is 0.379. The number of benzene rings is 2. The van der Waals surface area contributed by atoms with Crippen LogP contribution in [-0.4, -0.2) is 79.2 Å². The summed E-state index contributed by atoms with van der Waals surface area (Å²) in [5.74, 6) is 1.22. The summed E-state index contributed by atoms with van der Waals surface area (Å²) in [6, 6.07) is 15.1. The second kappa shape index (κ2) is 12.3. The fourth-order valence-electron chi connectivity index (χ4n) is 4.66. The molecule has 5 rings (SSSR count). The van der Waals surface area contributed by atoms with Crippen LogP contribution in [0.25, 0.3) is 0 Å². The summed E-state index contributed by atoms with van der Waals surface area (Å²) in [7, 11) is 0. The van der Waals surface area contributed by atoms with Gasteiger partial charge in [0.25, 0.3) is 5.91 Å². The Kier molecular flexibility index (Phi) is 8.43. The van der Waals surface area contributed by atoms with Crippen LogP contribution < -0.4 is 9.47 Å². The summed E-state index contributed by atoms with van der Waals surface area (Å²) in [5, 5.41) is 0. The van der Waals surface area contributed by atoms with Crippen LogP contribution in [0, 0.1) is 12.7 Å². The highest BCUT2D eigenvalue weighted by Gasteiger charge is 2.26. The Morgan fingerprint density at radius 1 is 0.949 bits per heavy atom. The first-order chi connectivity index (χ1) is 19.0. The number of hydrogen-bond acceptors (Lipinski definition) is 7. The van der Waals surface area contributed by atoms with Gasteiger partial charge in [0.1, 0.15) is 23.9 Å². The van der Waals surface area contributed by atoms with Crippen molar-refractivity contribution in [2.24, 2.45) is 0 Å². The lowest BCUT2D eigenvalue weighted by molar-refractivity contribution is -0.133. The lowest BCUT2D eigenvalue weighted by atomic mass is 10.1. The van der Waals surface area contributed by atoms with Gasteiger partial charge in [-0.15, -0.1) is 0 Å². The van der Waals surface area contributed by atoms with Gasteiger partial charge in [0.05, 0.1) is 25.3 Å². The number of amides is 2. The smallest absolute Gasteiger partial charge is 0.257 e. The number of rotatable bonds is 10. The topological polar surface area (TPSA) is 84.7 Å². The van der Waals surface area contributed by atoms with E-state index in [0.29, 0.717) is 37.0 Å². The van der Waals surface area contributed by atoms with Crippen LogP contribution in [-0.2, 0) is 22.6 Å². The van der Waals surface area contributed by atoms with Crippen molar-refractivity contribution >= 4 is 11.8 Å². The third kappa shape index (κ3) is 6.76. The molecule has 3 heterocycles. The van der Waals surface area contributed by atoms with Gasteiger partial charge in [-0.2, -0.15) is 0 Å². The van der Waals surface area contributed by atoms with Gasteiger partial charge in [0.15, 0.2) is 11.5 Å². The maximum atomic E-state index is 14.6. The standard InChI is InChI=1S/C29H32FN3O6/c1-21-6-8-23(39-21)18-33(17-22-7-9-26-27(16-22)38-20-37-26)28(34)19-32(11-10-31-12-14-36-15-13-31)29(35)24-4-2-3-5-25(24)30/h2-9,16H,10-15,17-20H2,1H3. The van der Waals surface area contributed by atoms with Gasteiger partial charge in [-0.25, -0.2) is 4.39 Å². The number of carbonyl (C=O) groups is 2. The molecule has 2 aliphatic heterocycles. The average molecular weight is 538 g/mol. The monoisotopic (exact) mass is 537 g/mol. The minimum absolute atomic E-state index is 0.0590. The Morgan fingerprint density at radius 3 is 2.51 bits per heavy atom. The molecule has 39 heavy (non-hydrogen) atoms. The molecule has 0 aliphatic carbocycles. The third-order valence-corrected chi connectivity index (χ3v) is 6.81. The molecule has 0 spiro atoms. The summed E-state index contributed by atoms with van der Waals surface area (Å²) in [6.45, 7) is 5.81. The zero-order valence-electron chi connectivity index (χ0n) is 21.9. The van der Waals surface area contributed by atoms with Crippen LogP contribution in [0.1, 0.15) is 27.4 Å². The molecule has 206 valence electrons. The number of ether oxygens (including phenoxy) is 3. The first-order valence-corrected chi connectivity index (χ1v) is 13.0. The molecular weight excluding hydrogens is 505 g/mol. The number of carbonyl (C=O) groups excluding carboxylic acids is 2. The van der Waals surface area contributed by atoms with E-state index in [1.807, 2.05) is 37.3 Å². The van der Waals surface area contributed by atoms with Crippen molar-refractivity contribution < 1.29 is 32.6 Å². The largest absolute Gasteiger partial charge is 0.464 e. The Morgan fingerprint density at radius 2 is 1.74 bits per heavy atom. The lowest BCUT2D eigenvalue weighted by Crippen LogP contribution is -2.47. The number of furan rings is 1. The molecule has 0 atom stereocenters. The number of aryl methyl sites for hydroxylation is 1. The molecule has 0 radical (unpaired) electrons. The Balaban J connectivity index is 1.36. The van der Waals surface area contributed by atoms with Crippen molar-refractivity contribution in [1.82, 2.24) is 14.7 Å².